The number of benzene rings is 1. The first-order valence-electron chi connectivity index (χ1n) is 11.1. The van der Waals surface area contributed by atoms with Crippen molar-refractivity contribution in [2.45, 2.75) is 59.0 Å². The summed E-state index contributed by atoms with van der Waals surface area (Å²) in [5.74, 6) is 0.0587. The Morgan fingerprint density at radius 1 is 1.16 bits per heavy atom. The van der Waals surface area contributed by atoms with Gasteiger partial charge in [0.05, 0.1) is 17.5 Å². The fraction of sp³-hybridized carbons (Fsp3) is 0.480. The quantitative estimate of drug-likeness (QED) is 0.608. The number of hydrogen-bond acceptors (Lipinski definition) is 5. The van der Waals surface area contributed by atoms with Crippen LogP contribution in [0.4, 0.5) is 0 Å². The Hall–Kier alpha value is -2.57. The topological polar surface area (TPSA) is 87.9 Å². The van der Waals surface area contributed by atoms with Crippen LogP contribution in [-0.2, 0) is 5.54 Å². The predicted molar refractivity (Wildman–Crippen MR) is 125 cm³/mol. The van der Waals surface area contributed by atoms with Gasteiger partial charge in [0.2, 0.25) is 0 Å². The van der Waals surface area contributed by atoms with Crippen molar-refractivity contribution in [3.05, 3.63) is 47.8 Å². The minimum Gasteiger partial charge on any atom is -0.344 e. The summed E-state index contributed by atoms with van der Waals surface area (Å²) in [5, 5.41) is 0. The van der Waals surface area contributed by atoms with Gasteiger partial charge in [-0.05, 0) is 38.3 Å². The van der Waals surface area contributed by atoms with E-state index in [1.807, 2.05) is 20.8 Å². The highest BCUT2D eigenvalue weighted by Gasteiger charge is 2.31. The molecule has 6 nitrogen and oxygen atoms in total. The van der Waals surface area contributed by atoms with Crippen LogP contribution in [0.2, 0.25) is 0 Å². The number of hydrogen-bond donors (Lipinski definition) is 2. The maximum atomic E-state index is 12.9. The van der Waals surface area contributed by atoms with E-state index in [1.165, 1.54) is 5.56 Å². The second-order valence-corrected chi connectivity index (χ2v) is 10.2. The van der Waals surface area contributed by atoms with Crippen molar-refractivity contribution in [3.63, 3.8) is 0 Å². The molecule has 0 radical (unpaired) electrons. The van der Waals surface area contributed by atoms with E-state index in [1.54, 1.807) is 12.4 Å². The van der Waals surface area contributed by atoms with Crippen LogP contribution >= 0.6 is 0 Å². The highest BCUT2D eigenvalue weighted by molar-refractivity contribution is 6.08. The number of nitrogens with one attached hydrogen (secondary N) is 1. The van der Waals surface area contributed by atoms with E-state index in [0.29, 0.717) is 22.8 Å². The lowest BCUT2D eigenvalue weighted by Gasteiger charge is -2.43. The number of carbonyl (C=O) groups is 1. The number of Topliss-reactive ketones (excluding diaryl/α,β-unsaturated/α-hetero) is 1. The highest BCUT2D eigenvalue weighted by Crippen LogP contribution is 2.33. The molecule has 31 heavy (non-hydrogen) atoms. The molecule has 3 N–H and O–H groups in total. The maximum absolute atomic E-state index is 12.9. The lowest BCUT2D eigenvalue weighted by Crippen LogP contribution is -2.48. The molecular formula is C25H33N5O. The monoisotopic (exact) mass is 419 g/mol. The van der Waals surface area contributed by atoms with Crippen molar-refractivity contribution in [3.8, 4) is 11.3 Å². The van der Waals surface area contributed by atoms with Crippen LogP contribution in [0.5, 0.6) is 0 Å². The molecule has 0 saturated carbocycles. The van der Waals surface area contributed by atoms with Gasteiger partial charge < -0.3 is 10.7 Å². The fourth-order valence-electron chi connectivity index (χ4n) is 4.31. The number of aromatic nitrogens is 3. The van der Waals surface area contributed by atoms with Gasteiger partial charge in [0.15, 0.2) is 11.4 Å². The van der Waals surface area contributed by atoms with Crippen LogP contribution in [0, 0.1) is 5.41 Å². The van der Waals surface area contributed by atoms with Gasteiger partial charge in [0.1, 0.15) is 5.52 Å². The fourth-order valence-corrected chi connectivity index (χ4v) is 4.31. The summed E-state index contributed by atoms with van der Waals surface area (Å²) in [6.45, 7) is 12.3. The van der Waals surface area contributed by atoms with Gasteiger partial charge in [-0.25, -0.2) is 9.97 Å². The Balaban J connectivity index is 1.70. The zero-order valence-corrected chi connectivity index (χ0v) is 19.2. The predicted octanol–water partition coefficient (Wildman–Crippen LogP) is 4.51. The highest BCUT2D eigenvalue weighted by atomic mass is 16.1. The van der Waals surface area contributed by atoms with Crippen molar-refractivity contribution >= 4 is 16.9 Å². The van der Waals surface area contributed by atoms with Crippen LogP contribution in [0.1, 0.15) is 63.4 Å². The summed E-state index contributed by atoms with van der Waals surface area (Å²) in [5.41, 5.74) is 10.4. The first-order valence-corrected chi connectivity index (χ1v) is 11.1. The van der Waals surface area contributed by atoms with Crippen LogP contribution in [0.3, 0.4) is 0 Å². The SMILES string of the molecule is CC(C)(C)C(=O)c1c[nH]c2ncc(-c3cccc(C(C)(C)N4CCC(N)CC4)c3)nc12. The van der Waals surface area contributed by atoms with Crippen LogP contribution in [0.15, 0.2) is 36.7 Å². The molecule has 1 aromatic carbocycles. The van der Waals surface area contributed by atoms with Crippen molar-refractivity contribution in [2.24, 2.45) is 11.1 Å². The summed E-state index contributed by atoms with van der Waals surface area (Å²) >= 11 is 0. The Labute approximate surface area is 184 Å². The van der Waals surface area contributed by atoms with Gasteiger partial charge in [0.25, 0.3) is 0 Å². The number of carbonyl (C=O) groups excluding carboxylic acids is 1. The molecule has 0 amide bonds. The van der Waals surface area contributed by atoms with E-state index in [-0.39, 0.29) is 11.3 Å². The molecule has 164 valence electrons. The molecule has 0 unspecified atom stereocenters. The van der Waals surface area contributed by atoms with Gasteiger partial charge in [0, 0.05) is 41.8 Å². The summed E-state index contributed by atoms with van der Waals surface area (Å²) in [6.07, 6.45) is 5.56. The Kier molecular flexibility index (Phi) is 5.48. The second-order valence-electron chi connectivity index (χ2n) is 10.2. The largest absolute Gasteiger partial charge is 0.344 e. The lowest BCUT2D eigenvalue weighted by molar-refractivity contribution is 0.0859. The van der Waals surface area contributed by atoms with Gasteiger partial charge in [-0.15, -0.1) is 0 Å². The third kappa shape index (κ3) is 4.14. The number of aromatic amines is 1. The average molecular weight is 420 g/mol. The molecule has 0 aliphatic carbocycles. The molecule has 6 heteroatoms. The van der Waals surface area contributed by atoms with Crippen LogP contribution in [0.25, 0.3) is 22.4 Å². The van der Waals surface area contributed by atoms with E-state index in [4.69, 9.17) is 10.7 Å². The molecule has 1 fully saturated rings. The molecule has 1 aliphatic rings. The molecule has 0 bridgehead atoms. The number of H-pyrrole nitrogens is 1. The smallest absolute Gasteiger partial charge is 0.171 e. The maximum Gasteiger partial charge on any atom is 0.171 e. The van der Waals surface area contributed by atoms with E-state index in [2.05, 4.69) is 53.0 Å². The Morgan fingerprint density at radius 3 is 2.55 bits per heavy atom. The minimum absolute atomic E-state index is 0.0587. The van der Waals surface area contributed by atoms with Crippen LogP contribution < -0.4 is 5.73 Å². The molecule has 0 spiro atoms. The Bertz CT molecular complexity index is 1100. The summed E-state index contributed by atoms with van der Waals surface area (Å²) in [6, 6.07) is 8.81. The van der Waals surface area contributed by atoms with Crippen molar-refractivity contribution in [1.29, 1.82) is 0 Å². The number of piperidine rings is 1. The molecule has 3 aromatic rings. The summed E-state index contributed by atoms with van der Waals surface area (Å²) in [7, 11) is 0. The van der Waals surface area contributed by atoms with E-state index < -0.39 is 5.41 Å². The van der Waals surface area contributed by atoms with Crippen molar-refractivity contribution < 1.29 is 4.79 Å². The number of ketones is 1. The molecule has 1 saturated heterocycles. The van der Waals surface area contributed by atoms with Gasteiger partial charge in [-0.1, -0.05) is 39.0 Å². The van der Waals surface area contributed by atoms with E-state index in [0.717, 1.165) is 37.2 Å². The zero-order chi connectivity index (χ0) is 22.4. The first kappa shape index (κ1) is 21.7. The lowest BCUT2D eigenvalue weighted by atomic mass is 9.87. The van der Waals surface area contributed by atoms with Gasteiger partial charge in [-0.3, -0.25) is 9.69 Å². The average Bonchev–Trinajstić information content (AvgIpc) is 3.16. The van der Waals surface area contributed by atoms with E-state index >= 15 is 0 Å². The number of likely N-dealkylation sites (tertiary alicyclic amines) is 1. The zero-order valence-electron chi connectivity index (χ0n) is 19.2. The third-order valence-corrected chi connectivity index (χ3v) is 6.50. The molecule has 0 atom stereocenters. The Morgan fingerprint density at radius 2 is 1.87 bits per heavy atom. The van der Waals surface area contributed by atoms with Gasteiger partial charge >= 0.3 is 0 Å². The summed E-state index contributed by atoms with van der Waals surface area (Å²) < 4.78 is 0. The standard InChI is InChI=1S/C25H33N5O/c1-24(2,3)22(31)19-14-27-23-21(19)29-20(15-28-23)16-7-6-8-17(13-16)25(4,5)30-11-9-18(26)10-12-30/h6-8,13-15,18H,9-12,26H2,1-5H3,(H,27,28). The third-order valence-electron chi connectivity index (χ3n) is 6.50. The van der Waals surface area contributed by atoms with E-state index in [9.17, 15) is 4.79 Å². The van der Waals surface area contributed by atoms with Crippen molar-refractivity contribution in [2.75, 3.05) is 13.1 Å². The molecule has 1 aliphatic heterocycles. The van der Waals surface area contributed by atoms with Crippen molar-refractivity contribution in [1.82, 2.24) is 19.9 Å². The minimum atomic E-state index is -0.478. The number of rotatable bonds is 4. The molecular weight excluding hydrogens is 386 g/mol. The normalized spacial score (nSPS) is 16.7. The molecule has 3 heterocycles. The number of nitrogens with zero attached hydrogens (tertiary/aromatic N) is 3. The second kappa shape index (κ2) is 7.84. The molecule has 4 rings (SSSR count). The van der Waals surface area contributed by atoms with Crippen LogP contribution in [-0.4, -0.2) is 44.8 Å². The van der Waals surface area contributed by atoms with Gasteiger partial charge in [-0.2, -0.15) is 0 Å². The number of nitrogens with two attached hydrogens (primary N) is 1. The summed E-state index contributed by atoms with van der Waals surface area (Å²) in [4.78, 5) is 27.9. The first-order chi connectivity index (χ1) is 14.6. The molecule has 2 aromatic heterocycles. The number of fused-ring (bicyclic) bond motifs is 1.